The molecule has 28 heavy (non-hydrogen) atoms. The van der Waals surface area contributed by atoms with E-state index in [1.165, 1.54) is 0 Å². The predicted molar refractivity (Wildman–Crippen MR) is 112 cm³/mol. The van der Waals surface area contributed by atoms with Crippen molar-refractivity contribution in [3.63, 3.8) is 0 Å². The first-order valence-electron chi connectivity index (χ1n) is 8.78. The van der Waals surface area contributed by atoms with Crippen molar-refractivity contribution < 1.29 is 9.66 Å². The topological polar surface area (TPSA) is 85.5 Å². The minimum absolute atomic E-state index is 0.329. The first-order valence-corrected chi connectivity index (χ1v) is 10.3. The van der Waals surface area contributed by atoms with Gasteiger partial charge in [-0.05, 0) is 90.2 Å². The van der Waals surface area contributed by atoms with Gasteiger partial charge in [-0.1, -0.05) is 0 Å². The number of hydrogen-bond acceptors (Lipinski definition) is 5. The molecule has 0 amide bonds. The van der Waals surface area contributed by atoms with E-state index in [-0.39, 0.29) is 0 Å². The predicted octanol–water partition coefficient (Wildman–Crippen LogP) is 4.20. The van der Waals surface area contributed by atoms with Crippen LogP contribution in [0.4, 0.5) is 11.6 Å². The van der Waals surface area contributed by atoms with Crippen molar-refractivity contribution in [2.75, 3.05) is 11.6 Å². The van der Waals surface area contributed by atoms with Crippen molar-refractivity contribution in [2.45, 2.75) is 18.7 Å². The lowest BCUT2D eigenvalue weighted by Gasteiger charge is -2.08. The Labute approximate surface area is 166 Å². The third-order valence-corrected chi connectivity index (χ3v) is 5.53. The van der Waals surface area contributed by atoms with Gasteiger partial charge in [-0.3, -0.25) is 0 Å². The Bertz CT molecular complexity index is 1130. The molecule has 1 unspecified atom stereocenters. The monoisotopic (exact) mass is 392 g/mol. The van der Waals surface area contributed by atoms with Crippen LogP contribution in [0.1, 0.15) is 11.1 Å². The number of pyridine rings is 1. The number of aryl methyl sites for hydroxylation is 2. The summed E-state index contributed by atoms with van der Waals surface area (Å²) in [6, 6.07) is 15.2. The Hall–Kier alpha value is -3.03. The van der Waals surface area contributed by atoms with Crippen LogP contribution < -0.4 is 5.32 Å². The van der Waals surface area contributed by atoms with Gasteiger partial charge in [-0.15, -0.1) is 5.10 Å². The van der Waals surface area contributed by atoms with Crippen LogP contribution in [0.15, 0.2) is 59.6 Å². The molecule has 4 rings (SSSR count). The number of anilines is 2. The molecule has 142 valence electrons. The molecule has 7 heteroatoms. The van der Waals surface area contributed by atoms with Crippen molar-refractivity contribution in [1.29, 1.82) is 0 Å². The highest BCUT2D eigenvalue weighted by Gasteiger charge is 2.09. The summed E-state index contributed by atoms with van der Waals surface area (Å²) in [6.07, 6.45) is 3.57. The van der Waals surface area contributed by atoms with E-state index in [0.717, 1.165) is 38.5 Å². The summed E-state index contributed by atoms with van der Waals surface area (Å²) in [7, 11) is 0. The number of rotatable bonds is 4. The third kappa shape index (κ3) is 3.54. The smallest absolute Gasteiger partial charge is 0.247 e. The molecular weight excluding hydrogens is 372 g/mol. The number of aromatic nitrogens is 3. The number of nitrogens with zero attached hydrogens (tertiary/aromatic N) is 3. The average Bonchev–Trinajstić information content (AvgIpc) is 3.07. The number of aromatic hydroxyl groups is 1. The molecule has 0 saturated heterocycles. The van der Waals surface area contributed by atoms with Gasteiger partial charge < -0.3 is 15.0 Å². The Morgan fingerprint density at radius 2 is 1.68 bits per heavy atom. The van der Waals surface area contributed by atoms with E-state index in [0.29, 0.717) is 11.7 Å². The first-order chi connectivity index (χ1) is 13.4. The highest BCUT2D eigenvalue weighted by molar-refractivity contribution is 7.90. The molecular formula is C21H20N4O2S. The molecule has 0 saturated carbocycles. The van der Waals surface area contributed by atoms with Gasteiger partial charge in [0.05, 0.1) is 0 Å². The summed E-state index contributed by atoms with van der Waals surface area (Å²) in [5.41, 5.74) is 5.24. The molecule has 0 radical (unpaired) electrons. The first kappa shape index (κ1) is 18.3. The summed E-state index contributed by atoms with van der Waals surface area (Å²) in [5, 5.41) is 17.7. The SMILES string of the molecule is Cc1cc(-c2ccc3nc(Nc4ccc([S+](C)[O-])cc4)nn3c2)cc(C)c1O. The summed E-state index contributed by atoms with van der Waals surface area (Å²) in [6.45, 7) is 3.78. The Morgan fingerprint density at radius 3 is 2.32 bits per heavy atom. The fraction of sp³-hybridized carbons (Fsp3) is 0.143. The highest BCUT2D eigenvalue weighted by atomic mass is 32.2. The highest BCUT2D eigenvalue weighted by Crippen LogP contribution is 2.29. The van der Waals surface area contributed by atoms with Crippen LogP contribution in [-0.2, 0) is 11.2 Å². The van der Waals surface area contributed by atoms with Crippen molar-refractivity contribution in [3.8, 4) is 16.9 Å². The van der Waals surface area contributed by atoms with E-state index >= 15 is 0 Å². The molecule has 2 N–H and O–H groups in total. The molecule has 0 fully saturated rings. The zero-order valence-corrected chi connectivity index (χ0v) is 16.6. The van der Waals surface area contributed by atoms with Crippen LogP contribution in [0, 0.1) is 13.8 Å². The fourth-order valence-corrected chi connectivity index (χ4v) is 3.61. The average molecular weight is 392 g/mol. The molecule has 4 aromatic rings. The van der Waals surface area contributed by atoms with Gasteiger partial charge in [-0.25, -0.2) is 4.52 Å². The summed E-state index contributed by atoms with van der Waals surface area (Å²) < 4.78 is 13.2. The molecule has 0 bridgehead atoms. The number of hydrogen-bond donors (Lipinski definition) is 2. The lowest BCUT2D eigenvalue weighted by Crippen LogP contribution is -1.98. The van der Waals surface area contributed by atoms with Crippen LogP contribution in [0.25, 0.3) is 16.8 Å². The van der Waals surface area contributed by atoms with Crippen molar-refractivity contribution in [1.82, 2.24) is 14.6 Å². The largest absolute Gasteiger partial charge is 0.612 e. The lowest BCUT2D eigenvalue weighted by atomic mass is 10.0. The van der Waals surface area contributed by atoms with Crippen LogP contribution in [-0.4, -0.2) is 30.5 Å². The maximum Gasteiger partial charge on any atom is 0.247 e. The van der Waals surface area contributed by atoms with E-state index in [2.05, 4.69) is 15.4 Å². The summed E-state index contributed by atoms with van der Waals surface area (Å²) >= 11 is -1.00. The molecule has 0 spiro atoms. The van der Waals surface area contributed by atoms with E-state index in [1.54, 1.807) is 10.8 Å². The second kappa shape index (κ2) is 7.18. The van der Waals surface area contributed by atoms with Gasteiger partial charge in [0, 0.05) is 17.4 Å². The minimum Gasteiger partial charge on any atom is -0.612 e. The van der Waals surface area contributed by atoms with Gasteiger partial charge in [0.25, 0.3) is 0 Å². The molecule has 0 aliphatic carbocycles. The fourth-order valence-electron chi connectivity index (χ4n) is 3.09. The number of phenolic OH excluding ortho intramolecular Hbond substituents is 1. The number of fused-ring (bicyclic) bond motifs is 1. The van der Waals surface area contributed by atoms with Gasteiger partial charge in [0.15, 0.2) is 10.5 Å². The van der Waals surface area contributed by atoms with Gasteiger partial charge in [0.2, 0.25) is 5.95 Å². The zero-order valence-electron chi connectivity index (χ0n) is 15.8. The molecule has 2 aromatic heterocycles. The molecule has 2 aromatic carbocycles. The lowest BCUT2D eigenvalue weighted by molar-refractivity contribution is 0.467. The molecule has 2 heterocycles. The maximum atomic E-state index is 11.5. The maximum absolute atomic E-state index is 11.5. The van der Waals surface area contributed by atoms with Crippen LogP contribution in [0.3, 0.4) is 0 Å². The zero-order chi connectivity index (χ0) is 19.8. The second-order valence-corrected chi connectivity index (χ2v) is 8.10. The standard InChI is InChI=1S/C21H20N4O2S/c1-13-10-16(11-14(2)20(13)26)15-4-9-19-23-21(24-25(19)12-15)22-17-5-7-18(8-6-17)28(3)27/h4-12,26H,1-3H3,(H,22,24). The second-order valence-electron chi connectivity index (χ2n) is 6.72. The Morgan fingerprint density at radius 1 is 1.00 bits per heavy atom. The number of phenols is 1. The van der Waals surface area contributed by atoms with Gasteiger partial charge in [0.1, 0.15) is 12.0 Å². The molecule has 0 aliphatic rings. The van der Waals surface area contributed by atoms with E-state index in [4.69, 9.17) is 0 Å². The number of nitrogens with one attached hydrogen (secondary N) is 1. The normalized spacial score (nSPS) is 12.3. The number of benzene rings is 2. The van der Waals surface area contributed by atoms with E-state index < -0.39 is 11.2 Å². The van der Waals surface area contributed by atoms with Gasteiger partial charge in [-0.2, -0.15) is 4.98 Å². The van der Waals surface area contributed by atoms with Crippen molar-refractivity contribution in [2.24, 2.45) is 0 Å². The summed E-state index contributed by atoms with van der Waals surface area (Å²) in [4.78, 5) is 5.27. The third-order valence-electron chi connectivity index (χ3n) is 4.60. The minimum atomic E-state index is -1.00. The molecule has 1 atom stereocenters. The van der Waals surface area contributed by atoms with E-state index in [9.17, 15) is 9.66 Å². The quantitative estimate of drug-likeness (QED) is 0.509. The summed E-state index contributed by atoms with van der Waals surface area (Å²) in [5.74, 6) is 0.815. The van der Waals surface area contributed by atoms with Crippen molar-refractivity contribution in [3.05, 3.63) is 65.9 Å². The van der Waals surface area contributed by atoms with Crippen molar-refractivity contribution >= 4 is 28.5 Å². The Kier molecular flexibility index (Phi) is 4.70. The van der Waals surface area contributed by atoms with Crippen LogP contribution >= 0.6 is 0 Å². The van der Waals surface area contributed by atoms with Crippen LogP contribution in [0.5, 0.6) is 5.75 Å². The van der Waals surface area contributed by atoms with Crippen LogP contribution in [0.2, 0.25) is 0 Å². The molecule has 6 nitrogen and oxygen atoms in total. The Balaban J connectivity index is 1.63. The van der Waals surface area contributed by atoms with E-state index in [1.807, 2.05) is 68.6 Å². The molecule has 0 aliphatic heterocycles. The van der Waals surface area contributed by atoms with Gasteiger partial charge >= 0.3 is 0 Å².